The van der Waals surface area contributed by atoms with Gasteiger partial charge in [0, 0.05) is 18.5 Å². The number of hydrogen-bond donors (Lipinski definition) is 4. The molecule has 1 unspecified atom stereocenters. The van der Waals surface area contributed by atoms with Gasteiger partial charge < -0.3 is 15.0 Å². The van der Waals surface area contributed by atoms with Crippen molar-refractivity contribution in [2.24, 2.45) is 23.7 Å². The summed E-state index contributed by atoms with van der Waals surface area (Å²) in [6.07, 6.45) is 13.7. The molecular formula is C29H45N7O2. The Kier molecular flexibility index (Phi) is 8.19. The number of nitrogens with one attached hydrogen (secondary N) is 3. The van der Waals surface area contributed by atoms with E-state index in [2.05, 4.69) is 41.0 Å². The monoisotopic (exact) mass is 523 g/mol. The number of aromatic nitrogens is 4. The molecule has 0 radical (unpaired) electrons. The van der Waals surface area contributed by atoms with Crippen LogP contribution >= 0.6 is 0 Å². The van der Waals surface area contributed by atoms with Crippen molar-refractivity contribution in [2.45, 2.75) is 116 Å². The van der Waals surface area contributed by atoms with Crippen molar-refractivity contribution in [3.63, 3.8) is 0 Å². The van der Waals surface area contributed by atoms with Crippen LogP contribution in [0.3, 0.4) is 0 Å². The number of amides is 1. The zero-order valence-electron chi connectivity index (χ0n) is 23.3. The number of anilines is 1. The molecule has 208 valence electrons. The third kappa shape index (κ3) is 5.81. The third-order valence-corrected chi connectivity index (χ3v) is 9.65. The van der Waals surface area contributed by atoms with Crippen LogP contribution in [-0.4, -0.2) is 42.6 Å². The van der Waals surface area contributed by atoms with Gasteiger partial charge >= 0.3 is 6.09 Å². The van der Waals surface area contributed by atoms with E-state index in [0.717, 1.165) is 23.8 Å². The highest BCUT2D eigenvalue weighted by molar-refractivity contribution is 6.03. The molecule has 0 aromatic carbocycles. The molecule has 3 aliphatic rings. The Morgan fingerprint density at radius 1 is 0.974 bits per heavy atom. The summed E-state index contributed by atoms with van der Waals surface area (Å²) in [5.41, 5.74) is 1.48. The summed E-state index contributed by atoms with van der Waals surface area (Å²) in [5.74, 6) is 4.41. The molecule has 5 rings (SSSR count). The normalized spacial score (nSPS) is 24.5. The molecule has 4 N–H and O–H groups in total. The van der Waals surface area contributed by atoms with Crippen molar-refractivity contribution < 1.29 is 9.90 Å². The summed E-state index contributed by atoms with van der Waals surface area (Å²) in [7, 11) is 0. The van der Waals surface area contributed by atoms with E-state index in [0.29, 0.717) is 35.1 Å². The highest BCUT2D eigenvalue weighted by Crippen LogP contribution is 2.39. The van der Waals surface area contributed by atoms with Crippen molar-refractivity contribution in [3.8, 4) is 0 Å². The molecule has 0 aliphatic heterocycles. The fourth-order valence-corrected chi connectivity index (χ4v) is 6.85. The molecule has 2 heterocycles. The maximum Gasteiger partial charge on any atom is 0.410 e. The Hall–Kier alpha value is -2.71. The number of fused-ring (bicyclic) bond motifs is 1. The first-order chi connectivity index (χ1) is 18.3. The molecule has 38 heavy (non-hydrogen) atoms. The third-order valence-electron chi connectivity index (χ3n) is 9.65. The minimum atomic E-state index is -1.29. The standard InChI is InChI=1S/C29H45N7O2/c1-17-12-14-20(15-13-17)16-36-23-25(31-19(3)22-10-7-11-22)33-27(24(30)32-29(37)38)34-26(23)35-28(36)18(2)21-8-5-4-6-9-21/h17-22H,4-16H2,1-3H3,(H2,30,32)(H,37,38)(H,31,33,34)/t17-,18?,19-,20-/m1/s1. The van der Waals surface area contributed by atoms with E-state index in [-0.39, 0.29) is 17.7 Å². The lowest BCUT2D eigenvalue weighted by atomic mass is 9.80. The fraction of sp³-hybridized carbons (Fsp3) is 0.759. The Morgan fingerprint density at radius 3 is 2.29 bits per heavy atom. The smallest absolute Gasteiger partial charge is 0.410 e. The number of amidine groups is 1. The molecule has 2 aromatic rings. The number of imidazole rings is 1. The summed E-state index contributed by atoms with van der Waals surface area (Å²) < 4.78 is 2.41. The van der Waals surface area contributed by atoms with E-state index in [1.807, 2.05) is 0 Å². The van der Waals surface area contributed by atoms with Crippen molar-refractivity contribution in [1.29, 1.82) is 5.41 Å². The van der Waals surface area contributed by atoms with E-state index < -0.39 is 6.09 Å². The van der Waals surface area contributed by atoms with Gasteiger partial charge in [-0.15, -0.1) is 0 Å². The minimum absolute atomic E-state index is 0.0659. The Bertz CT molecular complexity index is 1140. The molecule has 1 amide bonds. The average molecular weight is 524 g/mol. The quantitative estimate of drug-likeness (QED) is 0.230. The van der Waals surface area contributed by atoms with Gasteiger partial charge in [0.05, 0.1) is 0 Å². The second kappa shape index (κ2) is 11.6. The topological polar surface area (TPSA) is 129 Å². The van der Waals surface area contributed by atoms with Crippen LogP contribution in [0.15, 0.2) is 0 Å². The van der Waals surface area contributed by atoms with E-state index in [9.17, 15) is 9.90 Å². The molecule has 9 nitrogen and oxygen atoms in total. The van der Waals surface area contributed by atoms with Crippen LogP contribution in [0, 0.1) is 29.1 Å². The first-order valence-corrected chi connectivity index (χ1v) is 14.9. The van der Waals surface area contributed by atoms with E-state index in [1.54, 1.807) is 0 Å². The van der Waals surface area contributed by atoms with E-state index in [4.69, 9.17) is 15.4 Å². The number of carboxylic acid groups (broad SMARTS) is 1. The van der Waals surface area contributed by atoms with Gasteiger partial charge in [0.15, 0.2) is 23.1 Å². The molecule has 0 bridgehead atoms. The Labute approximate surface area is 226 Å². The number of nitrogens with zero attached hydrogens (tertiary/aromatic N) is 4. The first kappa shape index (κ1) is 26.9. The van der Waals surface area contributed by atoms with Crippen LogP contribution < -0.4 is 10.6 Å². The van der Waals surface area contributed by atoms with Crippen molar-refractivity contribution in [1.82, 2.24) is 24.8 Å². The van der Waals surface area contributed by atoms with Gasteiger partial charge in [0.25, 0.3) is 0 Å². The summed E-state index contributed by atoms with van der Waals surface area (Å²) in [6.45, 7) is 7.80. The maximum absolute atomic E-state index is 11.3. The molecule has 2 atom stereocenters. The first-order valence-electron chi connectivity index (χ1n) is 14.9. The number of hydrogen-bond acceptors (Lipinski definition) is 6. The molecule has 3 aliphatic carbocycles. The second-order valence-electron chi connectivity index (χ2n) is 12.4. The Balaban J connectivity index is 1.59. The lowest BCUT2D eigenvalue weighted by Crippen LogP contribution is -2.33. The fourth-order valence-electron chi connectivity index (χ4n) is 6.85. The van der Waals surface area contributed by atoms with Gasteiger partial charge in [0.1, 0.15) is 11.3 Å². The van der Waals surface area contributed by atoms with Crippen LogP contribution in [0.25, 0.3) is 11.2 Å². The largest absolute Gasteiger partial charge is 0.465 e. The van der Waals surface area contributed by atoms with Gasteiger partial charge in [0.2, 0.25) is 0 Å². The lowest BCUT2D eigenvalue weighted by Gasteiger charge is -2.33. The van der Waals surface area contributed by atoms with E-state index >= 15 is 0 Å². The van der Waals surface area contributed by atoms with Crippen LogP contribution in [0.1, 0.15) is 115 Å². The van der Waals surface area contributed by atoms with Crippen LogP contribution in [-0.2, 0) is 6.54 Å². The molecule has 3 saturated carbocycles. The maximum atomic E-state index is 11.3. The molecular weight excluding hydrogens is 478 g/mol. The van der Waals surface area contributed by atoms with Gasteiger partial charge in [-0.05, 0) is 69.1 Å². The zero-order chi connectivity index (χ0) is 26.8. The SMILES string of the molecule is CC(c1nc2nc(C(=N)NC(=O)O)nc(N[C@H](C)C3CCC3)c2n1C[C@H]1CC[C@H](C)CC1)C1CCCCC1. The van der Waals surface area contributed by atoms with Gasteiger partial charge in [-0.3, -0.25) is 10.7 Å². The molecule has 9 heteroatoms. The summed E-state index contributed by atoms with van der Waals surface area (Å²) in [4.78, 5) is 25.8. The van der Waals surface area contributed by atoms with Gasteiger partial charge in [-0.2, -0.15) is 0 Å². The van der Waals surface area contributed by atoms with Gasteiger partial charge in [-0.25, -0.2) is 19.7 Å². The highest BCUT2D eigenvalue weighted by atomic mass is 16.4. The van der Waals surface area contributed by atoms with Crippen molar-refractivity contribution in [2.75, 3.05) is 5.32 Å². The second-order valence-corrected chi connectivity index (χ2v) is 12.4. The zero-order valence-corrected chi connectivity index (χ0v) is 23.3. The Morgan fingerprint density at radius 2 is 1.66 bits per heavy atom. The van der Waals surface area contributed by atoms with Crippen LogP contribution in [0.4, 0.5) is 10.6 Å². The predicted octanol–water partition coefficient (Wildman–Crippen LogP) is 6.53. The number of rotatable bonds is 8. The van der Waals surface area contributed by atoms with Gasteiger partial charge in [-0.1, -0.05) is 52.4 Å². The average Bonchev–Trinajstić information content (AvgIpc) is 3.22. The predicted molar refractivity (Wildman–Crippen MR) is 150 cm³/mol. The number of carbonyl (C=O) groups is 1. The summed E-state index contributed by atoms with van der Waals surface area (Å²) >= 11 is 0. The van der Waals surface area contributed by atoms with Crippen LogP contribution in [0.2, 0.25) is 0 Å². The molecule has 0 saturated heterocycles. The summed E-state index contributed by atoms with van der Waals surface area (Å²) in [5, 5.41) is 23.3. The minimum Gasteiger partial charge on any atom is -0.465 e. The summed E-state index contributed by atoms with van der Waals surface area (Å²) in [6, 6.07) is 0.231. The molecule has 0 spiro atoms. The van der Waals surface area contributed by atoms with Crippen molar-refractivity contribution >= 4 is 28.9 Å². The molecule has 3 fully saturated rings. The molecule has 2 aromatic heterocycles. The van der Waals surface area contributed by atoms with Crippen LogP contribution in [0.5, 0.6) is 0 Å². The van der Waals surface area contributed by atoms with E-state index in [1.165, 1.54) is 77.0 Å². The highest BCUT2D eigenvalue weighted by Gasteiger charge is 2.31. The lowest BCUT2D eigenvalue weighted by molar-refractivity contribution is 0.200. The van der Waals surface area contributed by atoms with Crippen molar-refractivity contribution in [3.05, 3.63) is 11.6 Å².